The number of aryl methyl sites for hydroxylation is 1. The van der Waals surface area contributed by atoms with Gasteiger partial charge in [-0.15, -0.1) is 11.3 Å². The summed E-state index contributed by atoms with van der Waals surface area (Å²) >= 11 is 1.83. The van der Waals surface area contributed by atoms with Crippen LogP contribution in [0.2, 0.25) is 0 Å². The number of rotatable bonds is 5. The molecule has 0 aliphatic heterocycles. The zero-order valence-electron chi connectivity index (χ0n) is 9.30. The van der Waals surface area contributed by atoms with E-state index in [1.165, 1.54) is 10.4 Å². The van der Waals surface area contributed by atoms with Gasteiger partial charge in [-0.1, -0.05) is 36.4 Å². The summed E-state index contributed by atoms with van der Waals surface area (Å²) < 4.78 is 0. The van der Waals surface area contributed by atoms with Gasteiger partial charge in [0.15, 0.2) is 0 Å². The summed E-state index contributed by atoms with van der Waals surface area (Å²) in [6.07, 6.45) is 3.37. The lowest BCUT2D eigenvalue weighted by atomic mass is 10.0. The van der Waals surface area contributed by atoms with Crippen molar-refractivity contribution in [1.82, 2.24) is 0 Å². The Morgan fingerprint density at radius 1 is 1.06 bits per heavy atom. The molecule has 0 radical (unpaired) electrons. The average molecular weight is 231 g/mol. The second-order valence-electron chi connectivity index (χ2n) is 3.99. The van der Waals surface area contributed by atoms with Crippen molar-refractivity contribution in [2.24, 2.45) is 5.73 Å². The number of thiophene rings is 1. The third-order valence-corrected chi connectivity index (χ3v) is 3.68. The summed E-state index contributed by atoms with van der Waals surface area (Å²) in [5.74, 6) is 0. The normalized spacial score (nSPS) is 12.6. The zero-order chi connectivity index (χ0) is 11.2. The first-order valence-electron chi connectivity index (χ1n) is 5.69. The van der Waals surface area contributed by atoms with Crippen LogP contribution in [0.15, 0.2) is 47.8 Å². The summed E-state index contributed by atoms with van der Waals surface area (Å²) in [7, 11) is 0. The van der Waals surface area contributed by atoms with Gasteiger partial charge in [-0.25, -0.2) is 0 Å². The van der Waals surface area contributed by atoms with Crippen LogP contribution in [-0.2, 0) is 6.42 Å². The summed E-state index contributed by atoms with van der Waals surface area (Å²) in [5.41, 5.74) is 7.38. The lowest BCUT2D eigenvalue weighted by Gasteiger charge is -2.11. The Labute approximate surface area is 101 Å². The molecule has 0 saturated carbocycles. The van der Waals surface area contributed by atoms with E-state index in [0.717, 1.165) is 19.3 Å². The molecule has 1 nitrogen and oxygen atoms in total. The molecule has 1 atom stereocenters. The van der Waals surface area contributed by atoms with Crippen LogP contribution < -0.4 is 5.73 Å². The molecule has 16 heavy (non-hydrogen) atoms. The molecule has 0 saturated heterocycles. The summed E-state index contributed by atoms with van der Waals surface area (Å²) in [4.78, 5) is 1.46. The van der Waals surface area contributed by atoms with Crippen LogP contribution in [0.25, 0.3) is 0 Å². The van der Waals surface area contributed by atoms with Gasteiger partial charge in [0.05, 0.1) is 0 Å². The topological polar surface area (TPSA) is 26.0 Å². The van der Waals surface area contributed by atoms with Crippen molar-refractivity contribution < 1.29 is 0 Å². The third-order valence-electron chi connectivity index (χ3n) is 2.75. The van der Waals surface area contributed by atoms with Crippen LogP contribution in [0.5, 0.6) is 0 Å². The molecule has 1 aromatic carbocycles. The van der Waals surface area contributed by atoms with Gasteiger partial charge in [0.1, 0.15) is 0 Å². The van der Waals surface area contributed by atoms with Crippen LogP contribution in [0, 0.1) is 0 Å². The molecule has 1 unspecified atom stereocenters. The summed E-state index contributed by atoms with van der Waals surface area (Å²) in [6, 6.07) is 14.8. The Morgan fingerprint density at radius 3 is 2.56 bits per heavy atom. The molecule has 0 bridgehead atoms. The van der Waals surface area contributed by atoms with Crippen LogP contribution in [0.1, 0.15) is 29.3 Å². The second kappa shape index (κ2) is 5.83. The first kappa shape index (κ1) is 11.4. The number of hydrogen-bond acceptors (Lipinski definition) is 2. The van der Waals surface area contributed by atoms with Crippen LogP contribution in [0.3, 0.4) is 0 Å². The standard InChI is InChI=1S/C14H17NS/c15-14(12-6-2-1-3-7-12)10-4-8-13-9-5-11-16-13/h1-3,5-7,9,11,14H,4,8,10,15H2. The van der Waals surface area contributed by atoms with Crippen molar-refractivity contribution in [2.75, 3.05) is 0 Å². The van der Waals surface area contributed by atoms with Crippen LogP contribution in [0.4, 0.5) is 0 Å². The highest BCUT2D eigenvalue weighted by Crippen LogP contribution is 2.18. The van der Waals surface area contributed by atoms with Gasteiger partial charge in [-0.3, -0.25) is 0 Å². The van der Waals surface area contributed by atoms with Gasteiger partial charge < -0.3 is 5.73 Å². The molecule has 0 spiro atoms. The first-order chi connectivity index (χ1) is 7.86. The molecule has 1 aromatic heterocycles. The second-order valence-corrected chi connectivity index (χ2v) is 5.02. The maximum Gasteiger partial charge on any atom is 0.0294 e. The number of hydrogen-bond donors (Lipinski definition) is 1. The Balaban J connectivity index is 1.78. The molecule has 84 valence electrons. The van der Waals surface area contributed by atoms with Crippen molar-refractivity contribution in [3.05, 3.63) is 58.3 Å². The molecular formula is C14H17NS. The lowest BCUT2D eigenvalue weighted by Crippen LogP contribution is -2.10. The molecule has 2 heteroatoms. The maximum absolute atomic E-state index is 6.14. The minimum Gasteiger partial charge on any atom is -0.324 e. The highest BCUT2D eigenvalue weighted by molar-refractivity contribution is 7.09. The molecule has 2 rings (SSSR count). The fourth-order valence-electron chi connectivity index (χ4n) is 1.82. The molecule has 0 aliphatic carbocycles. The Kier molecular flexibility index (Phi) is 4.14. The molecule has 0 amide bonds. The number of benzene rings is 1. The zero-order valence-corrected chi connectivity index (χ0v) is 10.1. The van der Waals surface area contributed by atoms with E-state index in [0.29, 0.717) is 0 Å². The van der Waals surface area contributed by atoms with Crippen LogP contribution in [-0.4, -0.2) is 0 Å². The fraction of sp³-hybridized carbons (Fsp3) is 0.286. The van der Waals surface area contributed by atoms with E-state index in [4.69, 9.17) is 5.73 Å². The minimum absolute atomic E-state index is 0.182. The van der Waals surface area contributed by atoms with E-state index in [-0.39, 0.29) is 6.04 Å². The summed E-state index contributed by atoms with van der Waals surface area (Å²) in [5, 5.41) is 2.13. The highest BCUT2D eigenvalue weighted by Gasteiger charge is 2.04. The predicted molar refractivity (Wildman–Crippen MR) is 70.6 cm³/mol. The van der Waals surface area contributed by atoms with Gasteiger partial charge in [0, 0.05) is 10.9 Å². The molecular weight excluding hydrogens is 214 g/mol. The van der Waals surface area contributed by atoms with E-state index in [1.54, 1.807) is 0 Å². The fourth-order valence-corrected chi connectivity index (χ4v) is 2.57. The predicted octanol–water partition coefficient (Wildman–Crippen LogP) is 3.77. The van der Waals surface area contributed by atoms with Gasteiger partial charge in [-0.2, -0.15) is 0 Å². The molecule has 2 N–H and O–H groups in total. The van der Waals surface area contributed by atoms with E-state index < -0.39 is 0 Å². The largest absolute Gasteiger partial charge is 0.324 e. The Bertz CT molecular complexity index is 394. The van der Waals surface area contributed by atoms with Crippen molar-refractivity contribution in [1.29, 1.82) is 0 Å². The molecule has 1 heterocycles. The van der Waals surface area contributed by atoms with Gasteiger partial charge in [-0.05, 0) is 36.3 Å². The molecule has 0 aliphatic rings. The van der Waals surface area contributed by atoms with Crippen molar-refractivity contribution in [2.45, 2.75) is 25.3 Å². The summed E-state index contributed by atoms with van der Waals surface area (Å²) in [6.45, 7) is 0. The van der Waals surface area contributed by atoms with E-state index in [2.05, 4.69) is 41.8 Å². The molecule has 2 aromatic rings. The maximum atomic E-state index is 6.14. The van der Waals surface area contributed by atoms with Crippen molar-refractivity contribution in [3.8, 4) is 0 Å². The van der Waals surface area contributed by atoms with E-state index >= 15 is 0 Å². The Hall–Kier alpha value is -1.12. The average Bonchev–Trinajstić information content (AvgIpc) is 2.83. The van der Waals surface area contributed by atoms with Crippen molar-refractivity contribution >= 4 is 11.3 Å². The van der Waals surface area contributed by atoms with E-state index in [9.17, 15) is 0 Å². The van der Waals surface area contributed by atoms with Crippen molar-refractivity contribution in [3.63, 3.8) is 0 Å². The monoisotopic (exact) mass is 231 g/mol. The first-order valence-corrected chi connectivity index (χ1v) is 6.57. The van der Waals surface area contributed by atoms with Gasteiger partial charge >= 0.3 is 0 Å². The Morgan fingerprint density at radius 2 is 1.88 bits per heavy atom. The lowest BCUT2D eigenvalue weighted by molar-refractivity contribution is 0.614. The van der Waals surface area contributed by atoms with Gasteiger partial charge in [0.2, 0.25) is 0 Å². The number of nitrogens with two attached hydrogens (primary N) is 1. The quantitative estimate of drug-likeness (QED) is 0.833. The molecule has 0 fully saturated rings. The SMILES string of the molecule is NC(CCCc1cccs1)c1ccccc1. The smallest absolute Gasteiger partial charge is 0.0294 e. The van der Waals surface area contributed by atoms with Crippen LogP contribution >= 0.6 is 11.3 Å². The minimum atomic E-state index is 0.182. The van der Waals surface area contributed by atoms with Gasteiger partial charge in [0.25, 0.3) is 0 Å². The van der Waals surface area contributed by atoms with E-state index in [1.807, 2.05) is 17.4 Å². The highest BCUT2D eigenvalue weighted by atomic mass is 32.1. The third kappa shape index (κ3) is 3.19.